The summed E-state index contributed by atoms with van der Waals surface area (Å²) in [6.45, 7) is 1.63. The molecule has 0 spiro atoms. The molecule has 0 aliphatic carbocycles. The second-order valence-corrected chi connectivity index (χ2v) is 8.41. The summed E-state index contributed by atoms with van der Waals surface area (Å²) in [4.78, 5) is 23.3. The van der Waals surface area contributed by atoms with Crippen LogP contribution in [0.4, 0.5) is 13.2 Å². The first-order valence-electron chi connectivity index (χ1n) is 8.90. The van der Waals surface area contributed by atoms with E-state index in [2.05, 4.69) is 25.5 Å². The van der Waals surface area contributed by atoms with Crippen LogP contribution >= 0.6 is 11.6 Å². The third kappa shape index (κ3) is 5.27. The van der Waals surface area contributed by atoms with Crippen molar-refractivity contribution >= 4 is 27.6 Å². The Kier molecular flexibility index (Phi) is 6.69. The highest BCUT2D eigenvalue weighted by atomic mass is 35.5. The highest BCUT2D eigenvalue weighted by molar-refractivity contribution is 7.85. The van der Waals surface area contributed by atoms with Gasteiger partial charge < -0.3 is 0 Å². The number of hydrazine groups is 1. The van der Waals surface area contributed by atoms with Crippen molar-refractivity contribution in [2.75, 3.05) is 7.05 Å². The molecule has 0 fully saturated rings. The molecule has 3 aromatic rings. The molecule has 3 rings (SSSR count). The van der Waals surface area contributed by atoms with Gasteiger partial charge in [-0.15, -0.1) is 0 Å². The van der Waals surface area contributed by atoms with Crippen molar-refractivity contribution < 1.29 is 30.9 Å². The maximum absolute atomic E-state index is 13.2. The fourth-order valence-electron chi connectivity index (χ4n) is 2.78. The fraction of sp³-hybridized carbons (Fsp3) is 0.235. The van der Waals surface area contributed by atoms with Crippen LogP contribution in [-0.2, 0) is 16.3 Å². The Morgan fingerprint density at radius 3 is 2.45 bits per heavy atom. The molecule has 0 aliphatic rings. The molecule has 1 aromatic carbocycles. The van der Waals surface area contributed by atoms with Gasteiger partial charge in [0.05, 0.1) is 16.6 Å². The number of nitrogens with one attached hydrogen (secondary N) is 1. The number of alkyl halides is 3. The standard InChI is InChI=1S/C17H15ClF3N7O4S/c1-9(14-24-8-25-28(14)16-22-4-3-5-23-16)27(2)26-15(29)10-6-11(18)13(17(19,20)21)12(7-10)33(30,31)32/h3-9H,1-2H3,(H,26,29)(H,30,31,32). The summed E-state index contributed by atoms with van der Waals surface area (Å²) in [5.41, 5.74) is 0.0715. The van der Waals surface area contributed by atoms with Crippen molar-refractivity contribution in [3.8, 4) is 5.95 Å². The van der Waals surface area contributed by atoms with Crippen LogP contribution in [0.15, 0.2) is 41.8 Å². The van der Waals surface area contributed by atoms with Crippen molar-refractivity contribution in [2.24, 2.45) is 0 Å². The van der Waals surface area contributed by atoms with E-state index in [0.29, 0.717) is 18.0 Å². The Bertz CT molecular complexity index is 1290. The Balaban J connectivity index is 1.89. The van der Waals surface area contributed by atoms with E-state index in [4.69, 9.17) is 11.6 Å². The van der Waals surface area contributed by atoms with Crippen LogP contribution in [0.1, 0.15) is 34.7 Å². The van der Waals surface area contributed by atoms with Gasteiger partial charge in [-0.3, -0.25) is 14.8 Å². The van der Waals surface area contributed by atoms with E-state index in [1.165, 1.54) is 35.5 Å². The number of halogens is 4. The third-order valence-electron chi connectivity index (χ3n) is 4.43. The van der Waals surface area contributed by atoms with Crippen molar-refractivity contribution in [3.05, 3.63) is 58.9 Å². The number of rotatable bonds is 6. The van der Waals surface area contributed by atoms with Gasteiger partial charge in [0.2, 0.25) is 0 Å². The average molecular weight is 506 g/mol. The van der Waals surface area contributed by atoms with E-state index in [0.717, 1.165) is 0 Å². The second-order valence-electron chi connectivity index (χ2n) is 6.61. The van der Waals surface area contributed by atoms with Crippen LogP contribution < -0.4 is 5.43 Å². The Labute approximate surface area is 190 Å². The van der Waals surface area contributed by atoms with Gasteiger partial charge in [-0.2, -0.15) is 31.4 Å². The summed E-state index contributed by atoms with van der Waals surface area (Å²) in [5, 5.41) is 4.22. The number of hydrogen-bond donors (Lipinski definition) is 2. The first kappa shape index (κ1) is 24.5. The molecule has 16 heteroatoms. The normalized spacial score (nSPS) is 13.2. The zero-order valence-electron chi connectivity index (χ0n) is 16.8. The van der Waals surface area contributed by atoms with E-state index >= 15 is 0 Å². The van der Waals surface area contributed by atoms with Crippen molar-refractivity contribution in [3.63, 3.8) is 0 Å². The molecule has 2 aromatic heterocycles. The van der Waals surface area contributed by atoms with Crippen molar-refractivity contribution in [1.29, 1.82) is 0 Å². The lowest BCUT2D eigenvalue weighted by Crippen LogP contribution is -2.41. The monoisotopic (exact) mass is 505 g/mol. The molecule has 33 heavy (non-hydrogen) atoms. The largest absolute Gasteiger partial charge is 0.419 e. The molecule has 2 heterocycles. The van der Waals surface area contributed by atoms with E-state index in [1.54, 1.807) is 13.0 Å². The van der Waals surface area contributed by atoms with Crippen LogP contribution in [0.2, 0.25) is 5.02 Å². The summed E-state index contributed by atoms with van der Waals surface area (Å²) in [7, 11) is -3.91. The zero-order valence-corrected chi connectivity index (χ0v) is 18.4. The van der Waals surface area contributed by atoms with Crippen LogP contribution in [0.3, 0.4) is 0 Å². The summed E-state index contributed by atoms with van der Waals surface area (Å²) >= 11 is 5.61. The number of amides is 1. The Hall–Kier alpha value is -3.14. The molecule has 1 atom stereocenters. The maximum Gasteiger partial charge on any atom is 0.419 e. The summed E-state index contributed by atoms with van der Waals surface area (Å²) < 4.78 is 73.3. The molecule has 11 nitrogen and oxygen atoms in total. The predicted octanol–water partition coefficient (Wildman–Crippen LogP) is 2.31. The van der Waals surface area contributed by atoms with Crippen LogP contribution in [0.25, 0.3) is 5.95 Å². The molecule has 0 bridgehead atoms. The number of carbonyl (C=O) groups excluding carboxylic acids is 1. The van der Waals surface area contributed by atoms with Gasteiger partial charge in [0.15, 0.2) is 5.82 Å². The summed E-state index contributed by atoms with van der Waals surface area (Å²) in [5.74, 6) is -0.469. The first-order valence-corrected chi connectivity index (χ1v) is 10.7. The van der Waals surface area contributed by atoms with Crippen molar-refractivity contribution in [2.45, 2.75) is 24.0 Å². The molecule has 1 unspecified atom stereocenters. The SMILES string of the molecule is CC(c1ncnn1-c1ncccn1)N(C)NC(=O)c1cc(Cl)c(C(F)(F)F)c(S(=O)(=O)O)c1. The maximum atomic E-state index is 13.2. The number of nitrogens with zero attached hydrogens (tertiary/aromatic N) is 6. The first-order chi connectivity index (χ1) is 15.3. The van der Waals surface area contributed by atoms with Crippen LogP contribution in [-0.4, -0.2) is 55.7 Å². The smallest absolute Gasteiger partial charge is 0.284 e. The molecular formula is C17H15ClF3N7O4S. The van der Waals surface area contributed by atoms with E-state index < -0.39 is 49.3 Å². The molecule has 0 radical (unpaired) electrons. The van der Waals surface area contributed by atoms with Gasteiger partial charge >= 0.3 is 6.18 Å². The molecule has 2 N–H and O–H groups in total. The highest BCUT2D eigenvalue weighted by Gasteiger charge is 2.40. The number of hydrogen-bond acceptors (Lipinski definition) is 8. The lowest BCUT2D eigenvalue weighted by molar-refractivity contribution is -0.139. The minimum absolute atomic E-state index is 0.212. The van der Waals surface area contributed by atoms with Gasteiger partial charge in [-0.05, 0) is 25.1 Å². The summed E-state index contributed by atoms with van der Waals surface area (Å²) in [6.07, 6.45) is -0.964. The minimum Gasteiger partial charge on any atom is -0.284 e. The predicted molar refractivity (Wildman–Crippen MR) is 107 cm³/mol. The number of aromatic nitrogens is 5. The zero-order chi connectivity index (χ0) is 24.6. The summed E-state index contributed by atoms with van der Waals surface area (Å²) in [6, 6.07) is 1.99. The Morgan fingerprint density at radius 2 is 1.88 bits per heavy atom. The lowest BCUT2D eigenvalue weighted by atomic mass is 10.1. The van der Waals surface area contributed by atoms with Crippen LogP contribution in [0, 0.1) is 0 Å². The molecule has 1 amide bonds. The van der Waals surface area contributed by atoms with Gasteiger partial charge in [-0.25, -0.2) is 20.0 Å². The van der Waals surface area contributed by atoms with Crippen molar-refractivity contribution in [1.82, 2.24) is 35.2 Å². The van der Waals surface area contributed by atoms with Gasteiger partial charge in [-0.1, -0.05) is 11.6 Å². The van der Waals surface area contributed by atoms with Crippen LogP contribution in [0.5, 0.6) is 0 Å². The topological polar surface area (TPSA) is 143 Å². The molecule has 0 saturated heterocycles. The quantitative estimate of drug-likeness (QED) is 0.381. The fourth-order valence-corrected chi connectivity index (χ4v) is 3.92. The number of carbonyl (C=O) groups is 1. The highest BCUT2D eigenvalue weighted by Crippen LogP contribution is 2.39. The molecular weight excluding hydrogens is 491 g/mol. The molecule has 176 valence electrons. The van der Waals surface area contributed by atoms with Gasteiger partial charge in [0.25, 0.3) is 22.0 Å². The number of benzene rings is 1. The Morgan fingerprint density at radius 1 is 1.24 bits per heavy atom. The molecule has 0 aliphatic heterocycles. The van der Waals surface area contributed by atoms with E-state index in [-0.39, 0.29) is 5.95 Å². The van der Waals surface area contributed by atoms with E-state index in [9.17, 15) is 30.9 Å². The third-order valence-corrected chi connectivity index (χ3v) is 5.60. The minimum atomic E-state index is -5.35. The van der Waals surface area contributed by atoms with Gasteiger partial charge in [0.1, 0.15) is 11.2 Å². The van der Waals surface area contributed by atoms with E-state index in [1.807, 2.05) is 0 Å². The molecule has 0 saturated carbocycles. The second kappa shape index (κ2) is 9.01. The van der Waals surface area contributed by atoms with Gasteiger partial charge in [0, 0.05) is 25.0 Å². The lowest BCUT2D eigenvalue weighted by Gasteiger charge is -2.25. The average Bonchev–Trinajstić information content (AvgIpc) is 3.21.